The van der Waals surface area contributed by atoms with Crippen LogP contribution in [0, 0.1) is 0 Å². The highest BCUT2D eigenvalue weighted by molar-refractivity contribution is 7.93. The molecule has 0 saturated carbocycles. The molecule has 0 spiro atoms. The summed E-state index contributed by atoms with van der Waals surface area (Å²) in [5.74, 6) is 0.420. The van der Waals surface area contributed by atoms with Gasteiger partial charge in [0.15, 0.2) is 0 Å². The molecular weight excluding hydrogens is 458 g/mol. The van der Waals surface area contributed by atoms with E-state index >= 15 is 0 Å². The molecule has 0 aliphatic carbocycles. The van der Waals surface area contributed by atoms with Gasteiger partial charge in [0.25, 0.3) is 0 Å². The van der Waals surface area contributed by atoms with E-state index in [-0.39, 0.29) is 29.9 Å². The maximum atomic E-state index is 13.3. The molecule has 2 aromatic carbocycles. The molecule has 1 aliphatic rings. The standard InChI is InChI=1S/C25H33NO7S/c1-5-6-14-34(28,29)26(24(27)33-25(2,3)4)22-15-20(30-17-21-18-31-21)12-13-23(22)32-16-19-10-8-7-9-11-19/h7-13,15,21H,5-6,14,16-18H2,1-4H3/t21-/m1/s1. The average Bonchev–Trinajstić information content (AvgIpc) is 3.59. The molecule has 3 rings (SSSR count). The van der Waals surface area contributed by atoms with Crippen LogP contribution in [0.15, 0.2) is 48.5 Å². The average molecular weight is 492 g/mol. The van der Waals surface area contributed by atoms with Gasteiger partial charge in [-0.1, -0.05) is 43.7 Å². The third kappa shape index (κ3) is 7.63. The number of carbonyl (C=O) groups excluding carboxylic acids is 1. The summed E-state index contributed by atoms with van der Waals surface area (Å²) < 4.78 is 49.8. The number of nitrogens with zero attached hydrogens (tertiary/aromatic N) is 1. The Kier molecular flexibility index (Phi) is 8.43. The van der Waals surface area contributed by atoms with Crippen LogP contribution in [0.3, 0.4) is 0 Å². The van der Waals surface area contributed by atoms with Crippen molar-refractivity contribution >= 4 is 21.8 Å². The van der Waals surface area contributed by atoms with E-state index < -0.39 is 21.7 Å². The lowest BCUT2D eigenvalue weighted by Gasteiger charge is -2.28. The molecule has 0 unspecified atom stereocenters. The molecule has 0 bridgehead atoms. The van der Waals surface area contributed by atoms with Crippen LogP contribution in [0.4, 0.5) is 10.5 Å². The number of epoxide rings is 1. The first-order valence-electron chi connectivity index (χ1n) is 11.4. The third-order valence-corrected chi connectivity index (χ3v) is 6.52. The summed E-state index contributed by atoms with van der Waals surface area (Å²) in [6.45, 7) is 8.09. The smallest absolute Gasteiger partial charge is 0.429 e. The first kappa shape index (κ1) is 25.8. The van der Waals surface area contributed by atoms with Crippen molar-refractivity contribution in [2.45, 2.75) is 58.8 Å². The molecule has 8 nitrogen and oxygen atoms in total. The summed E-state index contributed by atoms with van der Waals surface area (Å²) in [6, 6.07) is 14.3. The minimum Gasteiger partial charge on any atom is -0.491 e. The van der Waals surface area contributed by atoms with Crippen molar-refractivity contribution in [2.24, 2.45) is 0 Å². The first-order chi connectivity index (χ1) is 16.1. The monoisotopic (exact) mass is 491 g/mol. The van der Waals surface area contributed by atoms with Crippen LogP contribution in [-0.4, -0.2) is 45.2 Å². The largest absolute Gasteiger partial charge is 0.491 e. The topological polar surface area (TPSA) is 94.7 Å². The molecule has 1 aliphatic heterocycles. The van der Waals surface area contributed by atoms with E-state index in [4.69, 9.17) is 18.9 Å². The molecule has 0 aromatic heterocycles. The zero-order valence-electron chi connectivity index (χ0n) is 20.2. The number of sulfonamides is 1. The predicted octanol–water partition coefficient (Wildman–Crippen LogP) is 4.91. The van der Waals surface area contributed by atoms with E-state index in [1.165, 1.54) is 6.07 Å². The summed E-state index contributed by atoms with van der Waals surface area (Å²) >= 11 is 0. The molecule has 1 amide bonds. The van der Waals surface area contributed by atoms with Gasteiger partial charge >= 0.3 is 6.09 Å². The highest BCUT2D eigenvalue weighted by atomic mass is 32.2. The minimum absolute atomic E-state index is 0.0210. The van der Waals surface area contributed by atoms with Crippen molar-refractivity contribution in [2.75, 3.05) is 23.3 Å². The van der Waals surface area contributed by atoms with Crippen molar-refractivity contribution in [1.82, 2.24) is 0 Å². The van der Waals surface area contributed by atoms with Gasteiger partial charge in [0.2, 0.25) is 10.0 Å². The van der Waals surface area contributed by atoms with E-state index in [1.54, 1.807) is 32.9 Å². The molecule has 9 heteroatoms. The number of ether oxygens (including phenoxy) is 4. The summed E-state index contributed by atoms with van der Waals surface area (Å²) in [4.78, 5) is 13.2. The number of anilines is 1. The van der Waals surface area contributed by atoms with Crippen molar-refractivity contribution in [3.8, 4) is 11.5 Å². The molecule has 1 saturated heterocycles. The quantitative estimate of drug-likeness (QED) is 0.412. The number of rotatable bonds is 11. The molecule has 0 N–H and O–H groups in total. The Morgan fingerprint density at radius 2 is 1.82 bits per heavy atom. The molecule has 0 radical (unpaired) electrons. The van der Waals surface area contributed by atoms with Crippen molar-refractivity contribution < 1.29 is 32.2 Å². The van der Waals surface area contributed by atoms with E-state index in [0.29, 0.717) is 36.1 Å². The third-order valence-electron chi connectivity index (χ3n) is 4.82. The van der Waals surface area contributed by atoms with E-state index in [1.807, 2.05) is 37.3 Å². The van der Waals surface area contributed by atoms with Gasteiger partial charge in [-0.2, -0.15) is 4.31 Å². The SMILES string of the molecule is CCCCS(=O)(=O)N(C(=O)OC(C)(C)C)c1cc(OC[C@@H]2CO2)ccc1OCc1ccccc1. The number of hydrogen-bond acceptors (Lipinski definition) is 7. The minimum atomic E-state index is -4.05. The zero-order chi connectivity index (χ0) is 24.8. The summed E-state index contributed by atoms with van der Waals surface area (Å²) in [5.41, 5.74) is 0.0609. The molecule has 1 heterocycles. The molecule has 186 valence electrons. The normalized spacial score (nSPS) is 15.5. The molecule has 2 aromatic rings. The van der Waals surface area contributed by atoms with E-state index in [9.17, 15) is 13.2 Å². The fourth-order valence-corrected chi connectivity index (χ4v) is 4.58. The Hall–Kier alpha value is -2.78. The molecule has 34 heavy (non-hydrogen) atoms. The number of unbranched alkanes of at least 4 members (excludes halogenated alkanes) is 1. The van der Waals surface area contributed by atoms with Crippen LogP contribution in [0.5, 0.6) is 11.5 Å². The fraction of sp³-hybridized carbons (Fsp3) is 0.480. The van der Waals surface area contributed by atoms with Crippen molar-refractivity contribution in [1.29, 1.82) is 0 Å². The molecule has 1 atom stereocenters. The lowest BCUT2D eigenvalue weighted by atomic mass is 10.2. The van der Waals surface area contributed by atoms with Crippen molar-refractivity contribution in [3.63, 3.8) is 0 Å². The second-order valence-corrected chi connectivity index (χ2v) is 11.0. The van der Waals surface area contributed by atoms with Gasteiger partial charge < -0.3 is 18.9 Å². The Bertz CT molecular complexity index is 1060. The summed E-state index contributed by atoms with van der Waals surface area (Å²) in [6.07, 6.45) is 0.0870. The molecular formula is C25H33NO7S. The van der Waals surface area contributed by atoms with Gasteiger partial charge in [0, 0.05) is 6.07 Å². The van der Waals surface area contributed by atoms with Crippen LogP contribution in [0.2, 0.25) is 0 Å². The number of carbonyl (C=O) groups is 1. The Labute approximate surface area is 201 Å². The molecule has 1 fully saturated rings. The van der Waals surface area contributed by atoms with Crippen LogP contribution in [0.25, 0.3) is 0 Å². The lowest BCUT2D eigenvalue weighted by molar-refractivity contribution is 0.0608. The highest BCUT2D eigenvalue weighted by Crippen LogP contribution is 2.36. The van der Waals surface area contributed by atoms with Gasteiger partial charge in [-0.25, -0.2) is 13.2 Å². The van der Waals surface area contributed by atoms with Crippen LogP contribution in [0.1, 0.15) is 46.1 Å². The Balaban J connectivity index is 2.00. The second kappa shape index (κ2) is 11.1. The number of benzene rings is 2. The van der Waals surface area contributed by atoms with E-state index in [2.05, 4.69) is 0 Å². The van der Waals surface area contributed by atoms with Crippen LogP contribution < -0.4 is 13.8 Å². The maximum Gasteiger partial charge on any atom is 0.429 e. The fourth-order valence-electron chi connectivity index (χ4n) is 3.04. The van der Waals surface area contributed by atoms with Gasteiger partial charge in [-0.05, 0) is 44.9 Å². The Morgan fingerprint density at radius 3 is 2.44 bits per heavy atom. The summed E-state index contributed by atoms with van der Waals surface area (Å²) in [7, 11) is -4.05. The van der Waals surface area contributed by atoms with Gasteiger partial charge in [0.05, 0.1) is 12.4 Å². The van der Waals surface area contributed by atoms with Crippen LogP contribution >= 0.6 is 0 Å². The number of hydrogen-bond donors (Lipinski definition) is 0. The van der Waals surface area contributed by atoms with Gasteiger partial charge in [-0.15, -0.1) is 0 Å². The lowest BCUT2D eigenvalue weighted by Crippen LogP contribution is -2.42. The second-order valence-electron chi connectivity index (χ2n) is 9.08. The first-order valence-corrected chi connectivity index (χ1v) is 13.0. The summed E-state index contributed by atoms with van der Waals surface area (Å²) in [5, 5.41) is 0. The predicted molar refractivity (Wildman–Crippen MR) is 130 cm³/mol. The maximum absolute atomic E-state index is 13.3. The van der Waals surface area contributed by atoms with Crippen molar-refractivity contribution in [3.05, 3.63) is 54.1 Å². The Morgan fingerprint density at radius 1 is 1.12 bits per heavy atom. The van der Waals surface area contributed by atoms with Crippen LogP contribution in [-0.2, 0) is 26.1 Å². The highest BCUT2D eigenvalue weighted by Gasteiger charge is 2.35. The van der Waals surface area contributed by atoms with E-state index in [0.717, 1.165) is 5.56 Å². The van der Waals surface area contributed by atoms with Gasteiger partial charge in [0.1, 0.15) is 42.1 Å². The van der Waals surface area contributed by atoms with Gasteiger partial charge in [-0.3, -0.25) is 0 Å². The number of amides is 1. The zero-order valence-corrected chi connectivity index (χ0v) is 21.0.